The molecule has 2 rings (SSSR count). The van der Waals surface area contributed by atoms with E-state index in [1.807, 2.05) is 26.0 Å². The molecule has 20 heavy (non-hydrogen) atoms. The molecule has 1 N–H and O–H groups in total. The first-order chi connectivity index (χ1) is 9.52. The lowest BCUT2D eigenvalue weighted by Crippen LogP contribution is -2.14. The summed E-state index contributed by atoms with van der Waals surface area (Å²) in [5.74, 6) is -0.988. The first-order valence-electron chi connectivity index (χ1n) is 6.10. The normalized spacial score (nSPS) is 9.90. The summed E-state index contributed by atoms with van der Waals surface area (Å²) >= 11 is 0. The van der Waals surface area contributed by atoms with Crippen molar-refractivity contribution >= 4 is 11.6 Å². The van der Waals surface area contributed by atoms with Crippen molar-refractivity contribution in [2.24, 2.45) is 0 Å². The lowest BCUT2D eigenvalue weighted by Gasteiger charge is -2.10. The smallest absolute Gasteiger partial charge is 0.256 e. The molecule has 0 saturated carbocycles. The number of rotatable bonds is 2. The van der Waals surface area contributed by atoms with Crippen molar-refractivity contribution in [2.75, 3.05) is 5.32 Å². The Morgan fingerprint density at radius 2 is 2.00 bits per heavy atom. The molecule has 0 aliphatic heterocycles. The molecule has 0 aliphatic carbocycles. The number of amides is 1. The van der Waals surface area contributed by atoms with Gasteiger partial charge in [0.05, 0.1) is 17.3 Å². The van der Waals surface area contributed by atoms with Gasteiger partial charge in [0.2, 0.25) is 0 Å². The molecule has 0 fully saturated rings. The molecule has 4 heteroatoms. The average molecular weight is 268 g/mol. The molecule has 0 atom stereocenters. The van der Waals surface area contributed by atoms with E-state index in [0.29, 0.717) is 5.56 Å². The maximum atomic E-state index is 13.7. The van der Waals surface area contributed by atoms with Crippen molar-refractivity contribution < 1.29 is 9.18 Å². The van der Waals surface area contributed by atoms with Crippen LogP contribution in [0.1, 0.15) is 27.0 Å². The standard InChI is InChI=1S/C16H13FN2O/c1-10-4-3-5-13(11(10)2)16(20)19-15-7-6-12(9-18)8-14(15)17/h3-8H,1-2H3,(H,19,20). The van der Waals surface area contributed by atoms with Crippen molar-refractivity contribution in [2.45, 2.75) is 13.8 Å². The number of carbonyl (C=O) groups excluding carboxylic acids is 1. The number of nitrogens with one attached hydrogen (secondary N) is 1. The Hall–Kier alpha value is -2.67. The van der Waals surface area contributed by atoms with Crippen molar-refractivity contribution in [3.05, 3.63) is 64.5 Å². The third kappa shape index (κ3) is 2.67. The molecule has 3 nitrogen and oxygen atoms in total. The zero-order valence-electron chi connectivity index (χ0n) is 11.2. The van der Waals surface area contributed by atoms with Crippen LogP contribution in [0.25, 0.3) is 0 Å². The van der Waals surface area contributed by atoms with Gasteiger partial charge >= 0.3 is 0 Å². The number of hydrogen-bond donors (Lipinski definition) is 1. The first-order valence-corrected chi connectivity index (χ1v) is 6.10. The fourth-order valence-corrected chi connectivity index (χ4v) is 1.87. The summed E-state index contributed by atoms with van der Waals surface area (Å²) in [6.07, 6.45) is 0. The highest BCUT2D eigenvalue weighted by Crippen LogP contribution is 2.18. The Kier molecular flexibility index (Phi) is 3.81. The molecule has 0 spiro atoms. The Morgan fingerprint density at radius 1 is 1.25 bits per heavy atom. The van der Waals surface area contributed by atoms with E-state index in [2.05, 4.69) is 5.32 Å². The topological polar surface area (TPSA) is 52.9 Å². The van der Waals surface area contributed by atoms with Gasteiger partial charge in [-0.05, 0) is 49.2 Å². The highest BCUT2D eigenvalue weighted by Gasteiger charge is 2.12. The van der Waals surface area contributed by atoms with Crippen LogP contribution in [0.15, 0.2) is 36.4 Å². The maximum absolute atomic E-state index is 13.7. The minimum atomic E-state index is -0.622. The molecule has 0 unspecified atom stereocenters. The third-order valence-corrected chi connectivity index (χ3v) is 3.20. The van der Waals surface area contributed by atoms with Gasteiger partial charge in [0.1, 0.15) is 5.82 Å². The molecular weight excluding hydrogens is 255 g/mol. The van der Waals surface area contributed by atoms with Gasteiger partial charge in [0, 0.05) is 5.56 Å². The van der Waals surface area contributed by atoms with Crippen LogP contribution in [-0.2, 0) is 0 Å². The highest BCUT2D eigenvalue weighted by atomic mass is 19.1. The van der Waals surface area contributed by atoms with Gasteiger partial charge in [-0.15, -0.1) is 0 Å². The number of benzene rings is 2. The van der Waals surface area contributed by atoms with Gasteiger partial charge in [0.25, 0.3) is 5.91 Å². The minimum Gasteiger partial charge on any atom is -0.319 e. The average Bonchev–Trinajstić information content (AvgIpc) is 2.44. The monoisotopic (exact) mass is 268 g/mol. The Bertz CT molecular complexity index is 717. The molecular formula is C16H13FN2O. The quantitative estimate of drug-likeness (QED) is 0.905. The molecule has 2 aromatic carbocycles. The van der Waals surface area contributed by atoms with Crippen molar-refractivity contribution in [1.82, 2.24) is 0 Å². The predicted molar refractivity (Wildman–Crippen MR) is 75.0 cm³/mol. The minimum absolute atomic E-state index is 0.0647. The SMILES string of the molecule is Cc1cccc(C(=O)Nc2ccc(C#N)cc2F)c1C. The van der Waals surface area contributed by atoms with Gasteiger partial charge in [-0.25, -0.2) is 4.39 Å². The van der Waals surface area contributed by atoms with Crippen molar-refractivity contribution in [3.63, 3.8) is 0 Å². The van der Waals surface area contributed by atoms with Crippen LogP contribution < -0.4 is 5.32 Å². The zero-order valence-corrected chi connectivity index (χ0v) is 11.2. The molecule has 0 aromatic heterocycles. The van der Waals surface area contributed by atoms with Crippen LogP contribution in [0.3, 0.4) is 0 Å². The summed E-state index contributed by atoms with van der Waals surface area (Å²) in [6.45, 7) is 3.76. The van der Waals surface area contributed by atoms with E-state index in [1.165, 1.54) is 12.1 Å². The molecule has 0 radical (unpaired) electrons. The predicted octanol–water partition coefficient (Wildman–Crippen LogP) is 3.57. The highest BCUT2D eigenvalue weighted by molar-refractivity contribution is 6.05. The number of carbonyl (C=O) groups is 1. The summed E-state index contributed by atoms with van der Waals surface area (Å²) in [5, 5.41) is 11.2. The summed E-state index contributed by atoms with van der Waals surface area (Å²) in [6, 6.07) is 11.2. The summed E-state index contributed by atoms with van der Waals surface area (Å²) in [4.78, 5) is 12.2. The van der Waals surface area contributed by atoms with E-state index in [9.17, 15) is 9.18 Å². The molecule has 100 valence electrons. The van der Waals surface area contributed by atoms with Gasteiger partial charge in [-0.2, -0.15) is 5.26 Å². The maximum Gasteiger partial charge on any atom is 0.256 e. The van der Waals surface area contributed by atoms with Crippen LogP contribution in [0, 0.1) is 31.0 Å². The first kappa shape index (κ1) is 13.8. The number of hydrogen-bond acceptors (Lipinski definition) is 2. The van der Waals surface area contributed by atoms with Crippen LogP contribution in [0.5, 0.6) is 0 Å². The molecule has 1 amide bonds. The van der Waals surface area contributed by atoms with Crippen LogP contribution in [-0.4, -0.2) is 5.91 Å². The van der Waals surface area contributed by atoms with Crippen molar-refractivity contribution in [1.29, 1.82) is 5.26 Å². The Labute approximate surface area is 116 Å². The third-order valence-electron chi connectivity index (χ3n) is 3.20. The van der Waals surface area contributed by atoms with Crippen LogP contribution >= 0.6 is 0 Å². The van der Waals surface area contributed by atoms with Gasteiger partial charge < -0.3 is 5.32 Å². The largest absolute Gasteiger partial charge is 0.319 e. The molecule has 0 aliphatic rings. The lowest BCUT2D eigenvalue weighted by atomic mass is 10.0. The summed E-state index contributed by atoms with van der Waals surface area (Å²) < 4.78 is 13.7. The van der Waals surface area contributed by atoms with E-state index in [4.69, 9.17) is 5.26 Å². The van der Waals surface area contributed by atoms with Gasteiger partial charge in [-0.1, -0.05) is 12.1 Å². The number of nitrogens with zero attached hydrogens (tertiary/aromatic N) is 1. The number of anilines is 1. The zero-order chi connectivity index (χ0) is 14.7. The Morgan fingerprint density at radius 3 is 2.65 bits per heavy atom. The molecule has 0 saturated heterocycles. The number of nitriles is 1. The molecule has 0 heterocycles. The fourth-order valence-electron chi connectivity index (χ4n) is 1.87. The van der Waals surface area contributed by atoms with E-state index < -0.39 is 5.82 Å². The Balaban J connectivity index is 2.29. The molecule has 0 bridgehead atoms. The molecule has 2 aromatic rings. The van der Waals surface area contributed by atoms with Gasteiger partial charge in [-0.3, -0.25) is 4.79 Å². The van der Waals surface area contributed by atoms with E-state index in [1.54, 1.807) is 12.1 Å². The van der Waals surface area contributed by atoms with E-state index >= 15 is 0 Å². The summed E-state index contributed by atoms with van der Waals surface area (Å²) in [7, 11) is 0. The lowest BCUT2D eigenvalue weighted by molar-refractivity contribution is 0.102. The second kappa shape index (κ2) is 5.54. The number of aryl methyl sites for hydroxylation is 1. The van der Waals surface area contributed by atoms with Gasteiger partial charge in [0.15, 0.2) is 0 Å². The van der Waals surface area contributed by atoms with Crippen LogP contribution in [0.4, 0.5) is 10.1 Å². The number of halogens is 1. The fraction of sp³-hybridized carbons (Fsp3) is 0.125. The van der Waals surface area contributed by atoms with E-state index in [0.717, 1.165) is 17.2 Å². The second-order valence-electron chi connectivity index (χ2n) is 4.51. The van der Waals surface area contributed by atoms with Crippen molar-refractivity contribution in [3.8, 4) is 6.07 Å². The van der Waals surface area contributed by atoms with Crippen LogP contribution in [0.2, 0.25) is 0 Å². The summed E-state index contributed by atoms with van der Waals surface area (Å²) in [5.41, 5.74) is 2.65. The van der Waals surface area contributed by atoms with E-state index in [-0.39, 0.29) is 17.2 Å². The second-order valence-corrected chi connectivity index (χ2v) is 4.51.